The third-order valence-corrected chi connectivity index (χ3v) is 6.03. The third kappa shape index (κ3) is 4.75. The van der Waals surface area contributed by atoms with Crippen LogP contribution in [-0.2, 0) is 0 Å². The monoisotopic (exact) mass is 365 g/mol. The van der Waals surface area contributed by atoms with E-state index in [-0.39, 0.29) is 0 Å². The standard InChI is InChI=1S/C16H23N5OS2/c1-22-14-5-2-4-13(12-14)21-9-7-20(8-10-21)6-3-11-23-16-19-18-15(17)24-16/h2,4-5,12H,3,6-11H2,1H3,(H2,17,18). The highest BCUT2D eigenvalue weighted by Gasteiger charge is 2.17. The van der Waals surface area contributed by atoms with E-state index in [1.165, 1.54) is 17.0 Å². The summed E-state index contributed by atoms with van der Waals surface area (Å²) in [5.41, 5.74) is 6.84. The van der Waals surface area contributed by atoms with Crippen molar-refractivity contribution in [1.29, 1.82) is 0 Å². The van der Waals surface area contributed by atoms with E-state index in [1.54, 1.807) is 18.9 Å². The van der Waals surface area contributed by atoms with E-state index in [4.69, 9.17) is 10.5 Å². The first-order valence-corrected chi connectivity index (χ1v) is 9.88. The number of rotatable bonds is 7. The molecule has 1 aliphatic heterocycles. The van der Waals surface area contributed by atoms with E-state index in [2.05, 4.69) is 38.2 Å². The quantitative estimate of drug-likeness (QED) is 0.597. The molecule has 24 heavy (non-hydrogen) atoms. The molecule has 130 valence electrons. The number of piperazine rings is 1. The number of aromatic nitrogens is 2. The van der Waals surface area contributed by atoms with Gasteiger partial charge in [-0.05, 0) is 25.1 Å². The Balaban J connectivity index is 1.37. The molecule has 0 radical (unpaired) electrons. The van der Waals surface area contributed by atoms with Crippen molar-refractivity contribution in [3.63, 3.8) is 0 Å². The van der Waals surface area contributed by atoms with Crippen LogP contribution in [0.2, 0.25) is 0 Å². The molecule has 1 saturated heterocycles. The number of nitrogens with zero attached hydrogens (tertiary/aromatic N) is 4. The number of hydrogen-bond acceptors (Lipinski definition) is 8. The van der Waals surface area contributed by atoms with E-state index in [0.717, 1.165) is 55.0 Å². The van der Waals surface area contributed by atoms with Gasteiger partial charge in [0.05, 0.1) is 7.11 Å². The van der Waals surface area contributed by atoms with Crippen molar-refractivity contribution in [2.75, 3.05) is 56.2 Å². The maximum atomic E-state index is 5.59. The Morgan fingerprint density at radius 1 is 1.25 bits per heavy atom. The van der Waals surface area contributed by atoms with Crippen molar-refractivity contribution < 1.29 is 4.74 Å². The van der Waals surface area contributed by atoms with Crippen molar-refractivity contribution in [2.45, 2.75) is 10.8 Å². The highest BCUT2D eigenvalue weighted by molar-refractivity contribution is 8.01. The molecule has 6 nitrogen and oxygen atoms in total. The molecule has 0 amide bonds. The zero-order valence-electron chi connectivity index (χ0n) is 13.9. The van der Waals surface area contributed by atoms with Crippen molar-refractivity contribution in [2.24, 2.45) is 0 Å². The second-order valence-corrected chi connectivity index (χ2v) is 7.99. The van der Waals surface area contributed by atoms with Crippen LogP contribution in [-0.4, -0.2) is 60.7 Å². The first kappa shape index (κ1) is 17.3. The summed E-state index contributed by atoms with van der Waals surface area (Å²) < 4.78 is 6.28. The Bertz CT molecular complexity index is 643. The SMILES string of the molecule is COc1cccc(N2CCN(CCCSc3nnc(N)s3)CC2)c1. The molecule has 0 unspecified atom stereocenters. The highest BCUT2D eigenvalue weighted by Crippen LogP contribution is 2.24. The first-order chi connectivity index (χ1) is 11.7. The maximum Gasteiger partial charge on any atom is 0.203 e. The first-order valence-electron chi connectivity index (χ1n) is 8.08. The van der Waals surface area contributed by atoms with Crippen molar-refractivity contribution in [3.8, 4) is 5.75 Å². The van der Waals surface area contributed by atoms with Gasteiger partial charge in [0.2, 0.25) is 5.13 Å². The number of nitrogens with two attached hydrogens (primary N) is 1. The predicted octanol–water partition coefficient (Wildman–Crippen LogP) is 2.43. The Kier molecular flexibility index (Phi) is 6.17. The van der Waals surface area contributed by atoms with Crippen LogP contribution in [0, 0.1) is 0 Å². The predicted molar refractivity (Wildman–Crippen MR) is 101 cm³/mol. The van der Waals surface area contributed by atoms with Crippen LogP contribution in [0.15, 0.2) is 28.6 Å². The largest absolute Gasteiger partial charge is 0.497 e. The van der Waals surface area contributed by atoms with Gasteiger partial charge in [-0.1, -0.05) is 29.2 Å². The fourth-order valence-corrected chi connectivity index (χ4v) is 4.39. The Hall–Kier alpha value is -1.51. The van der Waals surface area contributed by atoms with Gasteiger partial charge in [0, 0.05) is 43.7 Å². The summed E-state index contributed by atoms with van der Waals surface area (Å²) in [7, 11) is 1.71. The van der Waals surface area contributed by atoms with Gasteiger partial charge in [-0.2, -0.15) is 0 Å². The lowest BCUT2D eigenvalue weighted by Gasteiger charge is -2.36. The second kappa shape index (κ2) is 8.55. The number of methoxy groups -OCH3 is 1. The lowest BCUT2D eigenvalue weighted by Crippen LogP contribution is -2.46. The highest BCUT2D eigenvalue weighted by atomic mass is 32.2. The van der Waals surface area contributed by atoms with Gasteiger partial charge >= 0.3 is 0 Å². The minimum Gasteiger partial charge on any atom is -0.497 e. The van der Waals surface area contributed by atoms with Gasteiger partial charge in [-0.15, -0.1) is 10.2 Å². The molecule has 0 bridgehead atoms. The average Bonchev–Trinajstić information content (AvgIpc) is 3.04. The number of anilines is 2. The number of hydrogen-bond donors (Lipinski definition) is 1. The van der Waals surface area contributed by atoms with Crippen LogP contribution >= 0.6 is 23.1 Å². The maximum absolute atomic E-state index is 5.59. The molecular formula is C16H23N5OS2. The van der Waals surface area contributed by atoms with Gasteiger partial charge in [-0.25, -0.2) is 0 Å². The number of nitrogen functional groups attached to an aromatic ring is 1. The number of ether oxygens (including phenoxy) is 1. The van der Waals surface area contributed by atoms with E-state index in [9.17, 15) is 0 Å². The molecule has 2 aromatic rings. The van der Waals surface area contributed by atoms with Crippen LogP contribution in [0.5, 0.6) is 5.75 Å². The van der Waals surface area contributed by atoms with Crippen LogP contribution < -0.4 is 15.4 Å². The topological polar surface area (TPSA) is 67.5 Å². The Morgan fingerprint density at radius 2 is 2.08 bits per heavy atom. The van der Waals surface area contributed by atoms with E-state index >= 15 is 0 Å². The minimum absolute atomic E-state index is 0.547. The van der Waals surface area contributed by atoms with Crippen LogP contribution in [0.25, 0.3) is 0 Å². The summed E-state index contributed by atoms with van der Waals surface area (Å²) in [6.07, 6.45) is 1.16. The molecular weight excluding hydrogens is 342 g/mol. The molecule has 0 aliphatic carbocycles. The minimum atomic E-state index is 0.547. The number of thioether (sulfide) groups is 1. The van der Waals surface area contributed by atoms with Crippen LogP contribution in [0.4, 0.5) is 10.8 Å². The molecule has 1 aliphatic rings. The molecule has 8 heteroatoms. The van der Waals surface area contributed by atoms with Crippen LogP contribution in [0.1, 0.15) is 6.42 Å². The number of benzene rings is 1. The molecule has 3 rings (SSSR count). The summed E-state index contributed by atoms with van der Waals surface area (Å²) in [5.74, 6) is 1.98. The van der Waals surface area contributed by atoms with Crippen molar-refractivity contribution in [1.82, 2.24) is 15.1 Å². The molecule has 0 atom stereocenters. The summed E-state index contributed by atoms with van der Waals surface area (Å²) in [4.78, 5) is 4.96. The zero-order chi connectivity index (χ0) is 16.8. The van der Waals surface area contributed by atoms with Gasteiger partial charge in [0.15, 0.2) is 4.34 Å². The van der Waals surface area contributed by atoms with E-state index in [1.807, 2.05) is 6.07 Å². The van der Waals surface area contributed by atoms with Crippen molar-refractivity contribution in [3.05, 3.63) is 24.3 Å². The van der Waals surface area contributed by atoms with Crippen molar-refractivity contribution >= 4 is 33.9 Å². The fourth-order valence-electron chi connectivity index (χ4n) is 2.76. The normalized spacial score (nSPS) is 15.6. The Labute approximate surface area is 151 Å². The molecule has 0 saturated carbocycles. The fraction of sp³-hybridized carbons (Fsp3) is 0.500. The summed E-state index contributed by atoms with van der Waals surface area (Å²) in [6, 6.07) is 8.31. The lowest BCUT2D eigenvalue weighted by atomic mass is 10.2. The third-order valence-electron chi connectivity index (χ3n) is 4.06. The summed E-state index contributed by atoms with van der Waals surface area (Å²) in [6.45, 7) is 5.47. The molecule has 2 N–H and O–H groups in total. The molecule has 1 aromatic carbocycles. The molecule has 1 fully saturated rings. The van der Waals surface area contributed by atoms with Gasteiger partial charge < -0.3 is 15.4 Å². The molecule has 2 heterocycles. The van der Waals surface area contributed by atoms with Crippen LogP contribution in [0.3, 0.4) is 0 Å². The van der Waals surface area contributed by atoms with Gasteiger partial charge in [0.1, 0.15) is 5.75 Å². The molecule has 0 spiro atoms. The van der Waals surface area contributed by atoms with Gasteiger partial charge in [0.25, 0.3) is 0 Å². The average molecular weight is 366 g/mol. The van der Waals surface area contributed by atoms with E-state index < -0.39 is 0 Å². The summed E-state index contributed by atoms with van der Waals surface area (Å²) in [5, 5.41) is 8.42. The summed E-state index contributed by atoms with van der Waals surface area (Å²) >= 11 is 3.21. The molecule has 1 aromatic heterocycles. The van der Waals surface area contributed by atoms with Gasteiger partial charge in [-0.3, -0.25) is 4.90 Å². The zero-order valence-corrected chi connectivity index (χ0v) is 15.5. The van der Waals surface area contributed by atoms with E-state index in [0.29, 0.717) is 5.13 Å². The smallest absolute Gasteiger partial charge is 0.203 e. The Morgan fingerprint density at radius 3 is 2.79 bits per heavy atom. The lowest BCUT2D eigenvalue weighted by molar-refractivity contribution is 0.259. The second-order valence-electron chi connectivity index (χ2n) is 5.64.